The number of carbonyl (C=O) groups excluding carboxylic acids is 3. The fourth-order valence-electron chi connectivity index (χ4n) is 2.22. The molecule has 0 heterocycles. The quantitative estimate of drug-likeness (QED) is 0.731. The predicted molar refractivity (Wildman–Crippen MR) is 99.3 cm³/mol. The van der Waals surface area contributed by atoms with E-state index < -0.39 is 24.0 Å². The maximum atomic E-state index is 12.4. The Balaban J connectivity index is 1.99. The summed E-state index contributed by atoms with van der Waals surface area (Å²) in [6.07, 6.45) is -1.12. The topological polar surface area (TPSA) is 93.7 Å². The standard InChI is InChI=1S/C20H22N2O5/c1-3-21-20(25)22-18(23)14(2)27-19(24)17-12-8-7-9-15(17)13-26-16-10-5-4-6-11-16/h4-12,14H,3,13H2,1-2H3,(H2,21,22,23,25)/t14-/m0/s1. The fourth-order valence-corrected chi connectivity index (χ4v) is 2.22. The minimum atomic E-state index is -1.12. The first-order chi connectivity index (χ1) is 13.0. The molecule has 0 saturated heterocycles. The summed E-state index contributed by atoms with van der Waals surface area (Å²) in [5.41, 5.74) is 0.925. The van der Waals surface area contributed by atoms with Crippen molar-refractivity contribution in [1.29, 1.82) is 0 Å². The van der Waals surface area contributed by atoms with E-state index in [1.807, 2.05) is 30.3 Å². The van der Waals surface area contributed by atoms with E-state index in [4.69, 9.17) is 9.47 Å². The van der Waals surface area contributed by atoms with Crippen molar-refractivity contribution in [1.82, 2.24) is 10.6 Å². The van der Waals surface area contributed by atoms with Crippen LogP contribution in [-0.4, -0.2) is 30.6 Å². The molecular formula is C20H22N2O5. The van der Waals surface area contributed by atoms with E-state index in [0.717, 1.165) is 0 Å². The summed E-state index contributed by atoms with van der Waals surface area (Å²) in [7, 11) is 0. The number of para-hydroxylation sites is 1. The maximum Gasteiger partial charge on any atom is 0.339 e. The minimum absolute atomic E-state index is 0.175. The lowest BCUT2D eigenvalue weighted by atomic mass is 10.1. The number of rotatable bonds is 7. The molecule has 7 nitrogen and oxygen atoms in total. The van der Waals surface area contributed by atoms with Gasteiger partial charge < -0.3 is 14.8 Å². The molecule has 0 aliphatic heterocycles. The highest BCUT2D eigenvalue weighted by Gasteiger charge is 2.22. The highest BCUT2D eigenvalue weighted by atomic mass is 16.5. The number of benzene rings is 2. The summed E-state index contributed by atoms with van der Waals surface area (Å²) in [5.74, 6) is -0.691. The van der Waals surface area contributed by atoms with Gasteiger partial charge >= 0.3 is 12.0 Å². The van der Waals surface area contributed by atoms with Crippen molar-refractivity contribution in [3.8, 4) is 5.75 Å². The largest absolute Gasteiger partial charge is 0.489 e. The molecule has 0 fully saturated rings. The zero-order valence-corrected chi connectivity index (χ0v) is 15.2. The van der Waals surface area contributed by atoms with Gasteiger partial charge in [0.15, 0.2) is 6.10 Å². The van der Waals surface area contributed by atoms with Gasteiger partial charge in [0.2, 0.25) is 0 Å². The SMILES string of the molecule is CCNC(=O)NC(=O)[C@H](C)OC(=O)c1ccccc1COc1ccccc1. The third kappa shape index (κ3) is 6.14. The summed E-state index contributed by atoms with van der Waals surface area (Å²) in [4.78, 5) is 35.7. The van der Waals surface area contributed by atoms with Gasteiger partial charge in [-0.1, -0.05) is 36.4 Å². The molecule has 27 heavy (non-hydrogen) atoms. The molecule has 3 amide bonds. The van der Waals surface area contributed by atoms with Crippen molar-refractivity contribution in [2.75, 3.05) is 6.54 Å². The average Bonchev–Trinajstić information content (AvgIpc) is 2.67. The van der Waals surface area contributed by atoms with E-state index in [9.17, 15) is 14.4 Å². The maximum absolute atomic E-state index is 12.4. The van der Waals surface area contributed by atoms with Crippen LogP contribution in [0.5, 0.6) is 5.75 Å². The molecule has 0 aromatic heterocycles. The number of hydrogen-bond acceptors (Lipinski definition) is 5. The van der Waals surface area contributed by atoms with Crippen molar-refractivity contribution in [3.63, 3.8) is 0 Å². The Morgan fingerprint density at radius 3 is 2.37 bits per heavy atom. The molecule has 2 aromatic rings. The van der Waals surface area contributed by atoms with Gasteiger partial charge in [-0.15, -0.1) is 0 Å². The van der Waals surface area contributed by atoms with Crippen LogP contribution in [-0.2, 0) is 16.1 Å². The molecule has 0 spiro atoms. The summed E-state index contributed by atoms with van der Waals surface area (Å²) < 4.78 is 10.9. The highest BCUT2D eigenvalue weighted by molar-refractivity contribution is 5.98. The number of nitrogens with one attached hydrogen (secondary N) is 2. The molecule has 0 saturated carbocycles. The minimum Gasteiger partial charge on any atom is -0.489 e. The molecule has 0 aliphatic carbocycles. The lowest BCUT2D eigenvalue weighted by molar-refractivity contribution is -0.127. The molecule has 0 aliphatic rings. The first-order valence-electron chi connectivity index (χ1n) is 8.56. The first kappa shape index (κ1) is 20.0. The molecule has 0 unspecified atom stereocenters. The van der Waals surface area contributed by atoms with Gasteiger partial charge in [-0.2, -0.15) is 0 Å². The molecule has 7 heteroatoms. The third-order valence-corrected chi connectivity index (χ3v) is 3.60. The Labute approximate surface area is 157 Å². The third-order valence-electron chi connectivity index (χ3n) is 3.60. The van der Waals surface area contributed by atoms with Gasteiger partial charge in [0.25, 0.3) is 5.91 Å². The van der Waals surface area contributed by atoms with E-state index in [1.165, 1.54) is 6.92 Å². The Morgan fingerprint density at radius 1 is 1.00 bits per heavy atom. The molecular weight excluding hydrogens is 348 g/mol. The van der Waals surface area contributed by atoms with Crippen molar-refractivity contribution in [2.24, 2.45) is 0 Å². The number of carbonyl (C=O) groups is 3. The van der Waals surface area contributed by atoms with E-state index in [-0.39, 0.29) is 6.61 Å². The fraction of sp³-hybridized carbons (Fsp3) is 0.250. The van der Waals surface area contributed by atoms with Crippen molar-refractivity contribution in [3.05, 3.63) is 65.7 Å². The van der Waals surface area contributed by atoms with Crippen LogP contribution in [0.2, 0.25) is 0 Å². The summed E-state index contributed by atoms with van der Waals surface area (Å²) in [5, 5.41) is 4.54. The number of hydrogen-bond donors (Lipinski definition) is 2. The lowest BCUT2D eigenvalue weighted by Gasteiger charge is -2.15. The number of imide groups is 1. The highest BCUT2D eigenvalue weighted by Crippen LogP contribution is 2.16. The van der Waals surface area contributed by atoms with Gasteiger partial charge in [0, 0.05) is 12.1 Å². The number of amides is 3. The van der Waals surface area contributed by atoms with Gasteiger partial charge in [0.1, 0.15) is 12.4 Å². The van der Waals surface area contributed by atoms with Crippen LogP contribution < -0.4 is 15.4 Å². The first-order valence-corrected chi connectivity index (χ1v) is 8.56. The van der Waals surface area contributed by atoms with E-state index in [2.05, 4.69) is 10.6 Å². The zero-order chi connectivity index (χ0) is 19.6. The Hall–Kier alpha value is -3.35. The van der Waals surface area contributed by atoms with Gasteiger partial charge in [-0.3, -0.25) is 10.1 Å². The Bertz CT molecular complexity index is 792. The van der Waals surface area contributed by atoms with Gasteiger partial charge in [-0.05, 0) is 32.0 Å². The molecule has 142 valence electrons. The summed E-state index contributed by atoms with van der Waals surface area (Å²) in [6, 6.07) is 15.4. The normalized spacial score (nSPS) is 11.2. The Kier molecular flexibility index (Phi) is 7.37. The average molecular weight is 370 g/mol. The van der Waals surface area contributed by atoms with E-state index in [0.29, 0.717) is 23.4 Å². The number of urea groups is 1. The molecule has 2 aromatic carbocycles. The van der Waals surface area contributed by atoms with Gasteiger partial charge in [0.05, 0.1) is 5.56 Å². The zero-order valence-electron chi connectivity index (χ0n) is 15.2. The van der Waals surface area contributed by atoms with Crippen LogP contribution in [0.3, 0.4) is 0 Å². The smallest absolute Gasteiger partial charge is 0.339 e. The van der Waals surface area contributed by atoms with Crippen LogP contribution in [0.1, 0.15) is 29.8 Å². The predicted octanol–water partition coefficient (Wildman–Crippen LogP) is 2.66. The molecule has 1 atom stereocenters. The van der Waals surface area contributed by atoms with Crippen molar-refractivity contribution < 1.29 is 23.9 Å². The summed E-state index contributed by atoms with van der Waals surface area (Å²) >= 11 is 0. The molecule has 2 N–H and O–H groups in total. The van der Waals surface area contributed by atoms with Crippen LogP contribution in [0.25, 0.3) is 0 Å². The Morgan fingerprint density at radius 2 is 1.67 bits per heavy atom. The van der Waals surface area contributed by atoms with E-state index >= 15 is 0 Å². The second kappa shape index (κ2) is 9.96. The monoisotopic (exact) mass is 370 g/mol. The van der Waals surface area contributed by atoms with E-state index in [1.54, 1.807) is 31.2 Å². The van der Waals surface area contributed by atoms with Crippen LogP contribution in [0.15, 0.2) is 54.6 Å². The van der Waals surface area contributed by atoms with Crippen LogP contribution in [0, 0.1) is 0 Å². The van der Waals surface area contributed by atoms with Crippen molar-refractivity contribution >= 4 is 17.9 Å². The lowest BCUT2D eigenvalue weighted by Crippen LogP contribution is -2.44. The van der Waals surface area contributed by atoms with Crippen LogP contribution in [0.4, 0.5) is 4.79 Å². The molecule has 2 rings (SSSR count). The number of ether oxygens (including phenoxy) is 2. The van der Waals surface area contributed by atoms with Gasteiger partial charge in [-0.25, -0.2) is 9.59 Å². The molecule has 0 radical (unpaired) electrons. The second-order valence-electron chi connectivity index (χ2n) is 5.66. The van der Waals surface area contributed by atoms with Crippen molar-refractivity contribution in [2.45, 2.75) is 26.6 Å². The van der Waals surface area contributed by atoms with Crippen LogP contribution >= 0.6 is 0 Å². The number of esters is 1. The molecule has 0 bridgehead atoms. The summed E-state index contributed by atoms with van der Waals surface area (Å²) in [6.45, 7) is 3.67. The second-order valence-corrected chi connectivity index (χ2v) is 5.66.